The molecule has 0 aliphatic carbocycles. The van der Waals surface area contributed by atoms with Crippen molar-refractivity contribution in [2.75, 3.05) is 19.6 Å². The first-order chi connectivity index (χ1) is 7.90. The van der Waals surface area contributed by atoms with Gasteiger partial charge in [-0.15, -0.1) is 0 Å². The lowest BCUT2D eigenvalue weighted by Crippen LogP contribution is -2.39. The summed E-state index contributed by atoms with van der Waals surface area (Å²) >= 11 is 0. The van der Waals surface area contributed by atoms with Crippen LogP contribution >= 0.6 is 0 Å². The van der Waals surface area contributed by atoms with E-state index in [-0.39, 0.29) is 6.09 Å². The zero-order valence-electron chi connectivity index (χ0n) is 11.3. The fraction of sp³-hybridized carbons (Fsp3) is 0.800. The number of likely N-dealkylation sites (N-methyl/N-ethyl adjacent to an activating group) is 1. The molecule has 0 unspecified atom stereocenters. The van der Waals surface area contributed by atoms with E-state index in [1.165, 1.54) is 0 Å². The average molecular weight is 249 g/mol. The first-order valence-electron chi connectivity index (χ1n) is 5.27. The summed E-state index contributed by atoms with van der Waals surface area (Å²) in [6.45, 7) is 11.6. The summed E-state index contributed by atoms with van der Waals surface area (Å²) in [7, 11) is 0. The van der Waals surface area contributed by atoms with Gasteiger partial charge in [0, 0.05) is 19.6 Å². The number of nitrogens with zero attached hydrogens (tertiary/aromatic N) is 1. The van der Waals surface area contributed by atoms with E-state index in [1.807, 2.05) is 27.7 Å². The molecule has 7 heteroatoms. The summed E-state index contributed by atoms with van der Waals surface area (Å²) in [5.41, 5.74) is 4.93. The molecule has 0 aliphatic rings. The van der Waals surface area contributed by atoms with E-state index in [4.69, 9.17) is 15.9 Å². The van der Waals surface area contributed by atoms with Crippen LogP contribution in [0.2, 0.25) is 0 Å². The first kappa shape index (κ1) is 21.1. The van der Waals surface area contributed by atoms with Gasteiger partial charge in [0.05, 0.1) is 0 Å². The van der Waals surface area contributed by atoms with Crippen molar-refractivity contribution in [2.45, 2.75) is 33.3 Å². The highest BCUT2D eigenvalue weighted by Crippen LogP contribution is 2.09. The Hall–Kier alpha value is -1.18. The zero-order valence-corrected chi connectivity index (χ0v) is 11.3. The Morgan fingerprint density at radius 3 is 2.00 bits per heavy atom. The number of ether oxygens (including phenoxy) is 1. The average Bonchev–Trinajstić information content (AvgIpc) is 2.29. The lowest BCUT2D eigenvalue weighted by atomic mass is 10.2. The molecule has 0 spiro atoms. The van der Waals surface area contributed by atoms with Crippen LogP contribution in [0.25, 0.3) is 0 Å². The van der Waals surface area contributed by atoms with Crippen molar-refractivity contribution in [1.82, 2.24) is 4.90 Å². The van der Waals surface area contributed by atoms with Gasteiger partial charge in [-0.1, -0.05) is 0 Å². The SMILES string of the molecule is C=N.CCN(CCN)C(=O)OC(C)(C)C.NN. The van der Waals surface area contributed by atoms with Crippen molar-refractivity contribution >= 4 is 12.8 Å². The molecule has 7 nitrogen and oxygen atoms in total. The van der Waals surface area contributed by atoms with Crippen molar-refractivity contribution in [3.05, 3.63) is 0 Å². The van der Waals surface area contributed by atoms with Crippen molar-refractivity contribution in [3.63, 3.8) is 0 Å². The predicted molar refractivity (Wildman–Crippen MR) is 70.8 cm³/mol. The second-order valence-corrected chi connectivity index (χ2v) is 3.85. The maximum absolute atomic E-state index is 11.4. The Bertz CT molecular complexity index is 182. The highest BCUT2D eigenvalue weighted by molar-refractivity contribution is 5.68. The van der Waals surface area contributed by atoms with Crippen LogP contribution < -0.4 is 17.4 Å². The van der Waals surface area contributed by atoms with Gasteiger partial charge in [0.15, 0.2) is 0 Å². The molecule has 0 aliphatic heterocycles. The van der Waals surface area contributed by atoms with Gasteiger partial charge in [-0.3, -0.25) is 11.7 Å². The first-order valence-corrected chi connectivity index (χ1v) is 5.27. The van der Waals surface area contributed by atoms with Crippen molar-refractivity contribution < 1.29 is 9.53 Å². The number of rotatable bonds is 3. The van der Waals surface area contributed by atoms with Gasteiger partial charge in [-0.25, -0.2) is 4.79 Å². The fourth-order valence-corrected chi connectivity index (χ4v) is 0.861. The summed E-state index contributed by atoms with van der Waals surface area (Å²) in [4.78, 5) is 13.0. The minimum absolute atomic E-state index is 0.291. The maximum Gasteiger partial charge on any atom is 0.410 e. The van der Waals surface area contributed by atoms with Gasteiger partial charge in [-0.2, -0.15) is 0 Å². The molecule has 0 heterocycles. The summed E-state index contributed by atoms with van der Waals surface area (Å²) in [6.07, 6.45) is -0.291. The van der Waals surface area contributed by atoms with Crippen LogP contribution in [0.15, 0.2) is 0 Å². The molecule has 0 aromatic carbocycles. The molecule has 0 aromatic heterocycles. The van der Waals surface area contributed by atoms with E-state index in [0.29, 0.717) is 19.6 Å². The third-order valence-corrected chi connectivity index (χ3v) is 1.43. The molecular formula is C10H27N5O2. The summed E-state index contributed by atoms with van der Waals surface area (Å²) in [5, 5.41) is 5.50. The smallest absolute Gasteiger partial charge is 0.410 e. The Balaban J connectivity index is -0.000000439. The monoisotopic (exact) mass is 249 g/mol. The van der Waals surface area contributed by atoms with Crippen LogP contribution in [-0.2, 0) is 4.74 Å². The highest BCUT2D eigenvalue weighted by Gasteiger charge is 2.20. The third kappa shape index (κ3) is 14.8. The Kier molecular flexibility index (Phi) is 16.0. The van der Waals surface area contributed by atoms with Crippen LogP contribution in [-0.4, -0.2) is 42.9 Å². The Morgan fingerprint density at radius 1 is 1.35 bits per heavy atom. The quantitative estimate of drug-likeness (QED) is 0.324. The second kappa shape index (κ2) is 12.9. The largest absolute Gasteiger partial charge is 0.444 e. The molecule has 0 saturated carbocycles. The van der Waals surface area contributed by atoms with Crippen molar-refractivity contribution in [1.29, 1.82) is 5.41 Å². The highest BCUT2D eigenvalue weighted by atomic mass is 16.6. The molecule has 0 rings (SSSR count). The summed E-state index contributed by atoms with van der Waals surface area (Å²) < 4.78 is 5.17. The molecule has 0 fully saturated rings. The molecule has 1 amide bonds. The van der Waals surface area contributed by atoms with Gasteiger partial charge < -0.3 is 20.8 Å². The van der Waals surface area contributed by atoms with E-state index in [2.05, 4.69) is 18.4 Å². The molecule has 0 radical (unpaired) electrons. The van der Waals surface area contributed by atoms with Gasteiger partial charge in [0.1, 0.15) is 5.60 Å². The second-order valence-electron chi connectivity index (χ2n) is 3.85. The van der Waals surface area contributed by atoms with E-state index < -0.39 is 5.60 Å². The molecule has 7 N–H and O–H groups in total. The van der Waals surface area contributed by atoms with Gasteiger partial charge in [-0.05, 0) is 34.4 Å². The van der Waals surface area contributed by atoms with Crippen molar-refractivity contribution in [2.24, 2.45) is 17.4 Å². The van der Waals surface area contributed by atoms with Crippen LogP contribution in [0.5, 0.6) is 0 Å². The van der Waals surface area contributed by atoms with E-state index >= 15 is 0 Å². The number of nitrogens with one attached hydrogen (secondary N) is 1. The van der Waals surface area contributed by atoms with E-state index in [9.17, 15) is 4.79 Å². The Morgan fingerprint density at radius 2 is 1.76 bits per heavy atom. The molecule has 0 atom stereocenters. The number of hydrogen-bond donors (Lipinski definition) is 4. The van der Waals surface area contributed by atoms with Gasteiger partial charge >= 0.3 is 6.09 Å². The van der Waals surface area contributed by atoms with Crippen LogP contribution in [0.3, 0.4) is 0 Å². The number of nitrogens with two attached hydrogens (primary N) is 3. The normalized spacial score (nSPS) is 9.12. The van der Waals surface area contributed by atoms with Crippen LogP contribution in [0.1, 0.15) is 27.7 Å². The summed E-state index contributed by atoms with van der Waals surface area (Å²) in [5.74, 6) is 8.00. The topological polar surface area (TPSA) is 131 Å². The standard InChI is InChI=1S/C9H20N2O2.CH3N.H4N2/c1-5-11(7-6-10)8(12)13-9(2,3)4;2*1-2/h5-7,10H2,1-4H3;2H,1H2;1-2H2. The molecule has 0 bridgehead atoms. The Labute approximate surface area is 104 Å². The van der Waals surface area contributed by atoms with Crippen LogP contribution in [0, 0.1) is 5.41 Å². The van der Waals surface area contributed by atoms with Gasteiger partial charge in [0.2, 0.25) is 0 Å². The molecule has 0 saturated heterocycles. The number of hydrogen-bond acceptors (Lipinski definition) is 6. The lowest BCUT2D eigenvalue weighted by molar-refractivity contribution is 0.0266. The fourth-order valence-electron chi connectivity index (χ4n) is 0.861. The number of carbonyl (C=O) groups excluding carboxylic acids is 1. The number of hydrazine groups is 1. The minimum atomic E-state index is -0.431. The number of amides is 1. The maximum atomic E-state index is 11.4. The van der Waals surface area contributed by atoms with E-state index in [0.717, 1.165) is 0 Å². The van der Waals surface area contributed by atoms with Crippen LogP contribution in [0.4, 0.5) is 4.79 Å². The predicted octanol–water partition coefficient (Wildman–Crippen LogP) is 0.287. The molecule has 0 aromatic rings. The van der Waals surface area contributed by atoms with Gasteiger partial charge in [0.25, 0.3) is 0 Å². The molecule has 17 heavy (non-hydrogen) atoms. The lowest BCUT2D eigenvalue weighted by Gasteiger charge is -2.26. The molecule has 104 valence electrons. The third-order valence-electron chi connectivity index (χ3n) is 1.43. The van der Waals surface area contributed by atoms with E-state index in [1.54, 1.807) is 4.90 Å². The zero-order chi connectivity index (χ0) is 14.5. The molecular weight excluding hydrogens is 222 g/mol. The summed E-state index contributed by atoms with van der Waals surface area (Å²) in [6, 6.07) is 0. The van der Waals surface area contributed by atoms with Crippen molar-refractivity contribution in [3.8, 4) is 0 Å². The minimum Gasteiger partial charge on any atom is -0.444 e. The number of carbonyl (C=O) groups is 1.